The molecule has 0 saturated heterocycles. The van der Waals surface area contributed by atoms with Gasteiger partial charge in [0.1, 0.15) is 5.82 Å². The number of hydrogen-bond acceptors (Lipinski definition) is 3. The van der Waals surface area contributed by atoms with Crippen molar-refractivity contribution in [1.29, 1.82) is 0 Å². The van der Waals surface area contributed by atoms with Crippen molar-refractivity contribution in [3.05, 3.63) is 18.2 Å². The van der Waals surface area contributed by atoms with E-state index < -0.39 is 0 Å². The number of likely N-dealkylation sites (N-methyl/N-ethyl adjacent to an activating group) is 1. The van der Waals surface area contributed by atoms with Crippen LogP contribution >= 0.6 is 0 Å². The van der Waals surface area contributed by atoms with Gasteiger partial charge in [0.2, 0.25) is 0 Å². The zero-order valence-corrected chi connectivity index (χ0v) is 8.90. The predicted molar refractivity (Wildman–Crippen MR) is 56.0 cm³/mol. The molecule has 1 atom stereocenters. The van der Waals surface area contributed by atoms with Gasteiger partial charge in [-0.3, -0.25) is 4.90 Å². The van der Waals surface area contributed by atoms with Gasteiger partial charge >= 0.3 is 0 Å². The molecular formula is C10H18N4. The van der Waals surface area contributed by atoms with Crippen LogP contribution in [0.2, 0.25) is 0 Å². The minimum Gasteiger partial charge on any atom is -0.333 e. The maximum absolute atomic E-state index is 4.35. The molecule has 0 aliphatic carbocycles. The Morgan fingerprint density at radius 1 is 1.57 bits per heavy atom. The fraction of sp³-hybridized carbons (Fsp3) is 0.700. The molecular weight excluding hydrogens is 176 g/mol. The van der Waals surface area contributed by atoms with Crippen molar-refractivity contribution in [3.63, 3.8) is 0 Å². The topological polar surface area (TPSA) is 33.1 Å². The predicted octanol–water partition coefficient (Wildman–Crippen LogP) is 0.307. The third kappa shape index (κ3) is 1.81. The molecule has 1 N–H and O–H groups in total. The summed E-state index contributed by atoms with van der Waals surface area (Å²) in [6.45, 7) is 6.49. The van der Waals surface area contributed by atoms with Crippen molar-refractivity contribution in [2.75, 3.05) is 20.1 Å². The van der Waals surface area contributed by atoms with Crippen LogP contribution in [-0.4, -0.2) is 40.6 Å². The highest BCUT2D eigenvalue weighted by Gasteiger charge is 2.20. The number of nitrogens with zero attached hydrogens (tertiary/aromatic N) is 3. The Balaban J connectivity index is 2.00. The lowest BCUT2D eigenvalue weighted by molar-refractivity contribution is 0.161. The van der Waals surface area contributed by atoms with E-state index in [9.17, 15) is 0 Å². The first-order valence-electron chi connectivity index (χ1n) is 5.20. The molecule has 0 saturated carbocycles. The van der Waals surface area contributed by atoms with E-state index in [2.05, 4.69) is 32.9 Å². The van der Waals surface area contributed by atoms with Crippen molar-refractivity contribution in [2.24, 2.45) is 0 Å². The quantitative estimate of drug-likeness (QED) is 0.751. The Bertz CT molecular complexity index is 294. The Morgan fingerprint density at radius 3 is 3.21 bits per heavy atom. The molecule has 0 spiro atoms. The van der Waals surface area contributed by atoms with Crippen LogP contribution < -0.4 is 5.32 Å². The van der Waals surface area contributed by atoms with E-state index in [1.807, 2.05) is 13.2 Å². The molecule has 1 aromatic rings. The minimum atomic E-state index is 0.588. The smallest absolute Gasteiger partial charge is 0.122 e. The van der Waals surface area contributed by atoms with E-state index in [0.717, 1.165) is 26.2 Å². The van der Waals surface area contributed by atoms with Crippen molar-refractivity contribution in [2.45, 2.75) is 26.1 Å². The molecule has 0 radical (unpaired) electrons. The van der Waals surface area contributed by atoms with Crippen molar-refractivity contribution in [3.8, 4) is 0 Å². The van der Waals surface area contributed by atoms with Crippen molar-refractivity contribution < 1.29 is 0 Å². The molecule has 1 aliphatic heterocycles. The maximum Gasteiger partial charge on any atom is 0.122 e. The Kier molecular flexibility index (Phi) is 2.84. The molecule has 14 heavy (non-hydrogen) atoms. The highest BCUT2D eigenvalue weighted by molar-refractivity contribution is 4.96. The summed E-state index contributed by atoms with van der Waals surface area (Å²) in [4.78, 5) is 6.82. The van der Waals surface area contributed by atoms with Gasteiger partial charge in [0.25, 0.3) is 0 Å². The summed E-state index contributed by atoms with van der Waals surface area (Å²) in [5.74, 6) is 1.19. The van der Waals surface area contributed by atoms with Gasteiger partial charge in [-0.25, -0.2) is 4.98 Å². The zero-order valence-electron chi connectivity index (χ0n) is 8.90. The molecule has 0 bridgehead atoms. The molecule has 1 unspecified atom stereocenters. The number of nitrogens with one attached hydrogen (secondary N) is 1. The largest absolute Gasteiger partial charge is 0.333 e. The highest BCUT2D eigenvalue weighted by atomic mass is 15.3. The first-order chi connectivity index (χ1) is 6.81. The van der Waals surface area contributed by atoms with Gasteiger partial charge in [-0.1, -0.05) is 0 Å². The van der Waals surface area contributed by atoms with E-state index >= 15 is 0 Å². The molecule has 4 nitrogen and oxygen atoms in total. The SMILES string of the molecule is CNCC(C)N1CCn2ccnc2C1. The average Bonchev–Trinajstić information content (AvgIpc) is 2.64. The second kappa shape index (κ2) is 4.11. The fourth-order valence-electron chi connectivity index (χ4n) is 1.99. The standard InChI is InChI=1S/C10H18N4/c1-9(7-11-2)14-6-5-13-4-3-12-10(13)8-14/h3-4,9,11H,5-8H2,1-2H3. The number of aromatic nitrogens is 2. The summed E-state index contributed by atoms with van der Waals surface area (Å²) < 4.78 is 2.24. The van der Waals surface area contributed by atoms with Crippen LogP contribution in [0.3, 0.4) is 0 Å². The van der Waals surface area contributed by atoms with Gasteiger partial charge in [0.15, 0.2) is 0 Å². The van der Waals surface area contributed by atoms with Crippen molar-refractivity contribution >= 4 is 0 Å². The van der Waals surface area contributed by atoms with Crippen LogP contribution in [0, 0.1) is 0 Å². The van der Waals surface area contributed by atoms with Crippen LogP contribution in [0.4, 0.5) is 0 Å². The lowest BCUT2D eigenvalue weighted by Crippen LogP contribution is -2.43. The van der Waals surface area contributed by atoms with Crippen LogP contribution in [0.5, 0.6) is 0 Å². The van der Waals surface area contributed by atoms with Gasteiger partial charge in [0, 0.05) is 38.1 Å². The van der Waals surface area contributed by atoms with Gasteiger partial charge in [-0.05, 0) is 14.0 Å². The first kappa shape index (κ1) is 9.68. The fourth-order valence-corrected chi connectivity index (χ4v) is 1.99. The summed E-state index contributed by atoms with van der Waals surface area (Å²) in [7, 11) is 2.00. The molecule has 0 amide bonds. The number of rotatable bonds is 3. The normalized spacial score (nSPS) is 19.3. The van der Waals surface area contributed by atoms with E-state index in [0.29, 0.717) is 6.04 Å². The van der Waals surface area contributed by atoms with Gasteiger partial charge < -0.3 is 9.88 Å². The zero-order chi connectivity index (χ0) is 9.97. The second-order valence-corrected chi connectivity index (χ2v) is 3.91. The summed E-state index contributed by atoms with van der Waals surface area (Å²) in [6, 6.07) is 0.588. The van der Waals surface area contributed by atoms with Gasteiger partial charge in [0.05, 0.1) is 6.54 Å². The van der Waals surface area contributed by atoms with E-state index in [1.54, 1.807) is 0 Å². The maximum atomic E-state index is 4.35. The van der Waals surface area contributed by atoms with E-state index in [4.69, 9.17) is 0 Å². The van der Waals surface area contributed by atoms with E-state index in [1.165, 1.54) is 5.82 Å². The van der Waals surface area contributed by atoms with Gasteiger partial charge in [-0.15, -0.1) is 0 Å². The number of imidazole rings is 1. The summed E-state index contributed by atoms with van der Waals surface area (Å²) in [6.07, 6.45) is 3.96. The molecule has 0 aromatic carbocycles. The average molecular weight is 194 g/mol. The van der Waals surface area contributed by atoms with Crippen LogP contribution in [0.25, 0.3) is 0 Å². The molecule has 4 heteroatoms. The molecule has 2 heterocycles. The molecule has 1 aromatic heterocycles. The third-order valence-corrected chi connectivity index (χ3v) is 2.90. The second-order valence-electron chi connectivity index (χ2n) is 3.91. The third-order valence-electron chi connectivity index (χ3n) is 2.90. The lowest BCUT2D eigenvalue weighted by atomic mass is 10.2. The van der Waals surface area contributed by atoms with Crippen LogP contribution in [-0.2, 0) is 13.1 Å². The van der Waals surface area contributed by atoms with Crippen LogP contribution in [0.15, 0.2) is 12.4 Å². The lowest BCUT2D eigenvalue weighted by Gasteiger charge is -2.32. The Morgan fingerprint density at radius 2 is 2.43 bits per heavy atom. The molecule has 78 valence electrons. The van der Waals surface area contributed by atoms with Gasteiger partial charge in [-0.2, -0.15) is 0 Å². The monoisotopic (exact) mass is 194 g/mol. The summed E-state index contributed by atoms with van der Waals surface area (Å²) in [5, 5.41) is 3.21. The molecule has 2 rings (SSSR count). The first-order valence-corrected chi connectivity index (χ1v) is 5.20. The molecule has 1 aliphatic rings. The Labute approximate surface area is 84.9 Å². The number of fused-ring (bicyclic) bond motifs is 1. The van der Waals surface area contributed by atoms with Crippen molar-refractivity contribution in [1.82, 2.24) is 19.8 Å². The minimum absolute atomic E-state index is 0.588. The highest BCUT2D eigenvalue weighted by Crippen LogP contribution is 2.12. The summed E-state index contributed by atoms with van der Waals surface area (Å²) >= 11 is 0. The van der Waals surface area contributed by atoms with E-state index in [-0.39, 0.29) is 0 Å². The van der Waals surface area contributed by atoms with Crippen LogP contribution in [0.1, 0.15) is 12.7 Å². The number of hydrogen-bond donors (Lipinski definition) is 1. The molecule has 0 fully saturated rings. The summed E-state index contributed by atoms with van der Waals surface area (Å²) in [5.41, 5.74) is 0. The Hall–Kier alpha value is -0.870.